The van der Waals surface area contributed by atoms with Crippen molar-refractivity contribution in [3.8, 4) is 5.75 Å². The van der Waals surface area contributed by atoms with Crippen LogP contribution in [0, 0.1) is 0 Å². The van der Waals surface area contributed by atoms with E-state index in [1.165, 1.54) is 31.5 Å². The molecular weight excluding hydrogens is 316 g/mol. The third-order valence-electron chi connectivity index (χ3n) is 2.93. The highest BCUT2D eigenvalue weighted by Gasteiger charge is 2.21. The first-order valence-corrected chi connectivity index (χ1v) is 8.03. The first-order chi connectivity index (χ1) is 10.9. The average Bonchev–Trinajstić information content (AvgIpc) is 2.55. The molecule has 0 aliphatic rings. The predicted molar refractivity (Wildman–Crippen MR) is 88.3 cm³/mol. The number of hydrogen-bond donors (Lipinski definition) is 2. The van der Waals surface area contributed by atoms with Crippen LogP contribution in [0.15, 0.2) is 68.5 Å². The molecule has 2 rings (SSSR count). The van der Waals surface area contributed by atoms with Crippen molar-refractivity contribution in [1.29, 1.82) is 0 Å². The molecule has 120 valence electrons. The molecule has 0 aromatic heterocycles. The zero-order chi connectivity index (χ0) is 16.9. The lowest BCUT2D eigenvalue weighted by atomic mass is 10.2. The van der Waals surface area contributed by atoms with Crippen molar-refractivity contribution in [3.63, 3.8) is 0 Å². The van der Waals surface area contributed by atoms with Crippen LogP contribution in [0.5, 0.6) is 5.75 Å². The fourth-order valence-electron chi connectivity index (χ4n) is 1.87. The van der Waals surface area contributed by atoms with Crippen molar-refractivity contribution in [3.05, 3.63) is 54.1 Å². The summed E-state index contributed by atoms with van der Waals surface area (Å²) >= 11 is 0. The number of guanidine groups is 1. The minimum atomic E-state index is -3.74. The lowest BCUT2D eigenvalue weighted by molar-refractivity contribution is 0.413. The smallest absolute Gasteiger partial charge is 0.211 e. The van der Waals surface area contributed by atoms with E-state index in [0.29, 0.717) is 11.3 Å². The van der Waals surface area contributed by atoms with Crippen LogP contribution in [0.4, 0.5) is 0 Å². The fraction of sp³-hybridized carbons (Fsp3) is 0.0667. The Labute approximate surface area is 134 Å². The van der Waals surface area contributed by atoms with Gasteiger partial charge in [-0.05, 0) is 30.3 Å². The molecule has 0 radical (unpaired) electrons. The van der Waals surface area contributed by atoms with Crippen molar-refractivity contribution in [1.82, 2.24) is 0 Å². The predicted octanol–water partition coefficient (Wildman–Crippen LogP) is 1.14. The van der Waals surface area contributed by atoms with E-state index in [1.807, 2.05) is 0 Å². The molecule has 0 aliphatic carbocycles. The Kier molecular flexibility index (Phi) is 4.97. The minimum absolute atomic E-state index is 0.0533. The van der Waals surface area contributed by atoms with E-state index in [-0.39, 0.29) is 15.8 Å². The first kappa shape index (κ1) is 16.5. The van der Waals surface area contributed by atoms with Gasteiger partial charge in [-0.2, -0.15) is 5.10 Å². The van der Waals surface area contributed by atoms with Crippen molar-refractivity contribution in [2.45, 2.75) is 9.79 Å². The molecule has 0 bridgehead atoms. The van der Waals surface area contributed by atoms with Crippen LogP contribution in [0.25, 0.3) is 0 Å². The van der Waals surface area contributed by atoms with E-state index in [9.17, 15) is 8.42 Å². The van der Waals surface area contributed by atoms with E-state index in [1.54, 1.807) is 30.3 Å². The number of nitrogens with two attached hydrogens (primary N) is 2. The van der Waals surface area contributed by atoms with Gasteiger partial charge >= 0.3 is 0 Å². The maximum atomic E-state index is 12.8. The Bertz CT molecular complexity index is 842. The summed E-state index contributed by atoms with van der Waals surface area (Å²) < 4.78 is 30.7. The summed E-state index contributed by atoms with van der Waals surface area (Å²) in [7, 11) is -2.28. The van der Waals surface area contributed by atoms with Crippen molar-refractivity contribution >= 4 is 22.0 Å². The molecule has 4 N–H and O–H groups in total. The largest absolute Gasteiger partial charge is 0.497 e. The van der Waals surface area contributed by atoms with Gasteiger partial charge in [0.15, 0.2) is 0 Å². The Balaban J connectivity index is 2.59. The van der Waals surface area contributed by atoms with Gasteiger partial charge in [-0.1, -0.05) is 18.2 Å². The normalized spacial score (nSPS) is 11.3. The van der Waals surface area contributed by atoms with E-state index in [2.05, 4.69) is 10.2 Å². The van der Waals surface area contributed by atoms with Crippen LogP contribution in [0.1, 0.15) is 5.56 Å². The summed E-state index contributed by atoms with van der Waals surface area (Å²) in [5, 5.41) is 7.15. The summed E-state index contributed by atoms with van der Waals surface area (Å²) in [6, 6.07) is 12.7. The quantitative estimate of drug-likeness (QED) is 0.483. The Morgan fingerprint density at radius 2 is 1.83 bits per heavy atom. The van der Waals surface area contributed by atoms with Gasteiger partial charge in [0.25, 0.3) is 0 Å². The van der Waals surface area contributed by atoms with Crippen molar-refractivity contribution in [2.75, 3.05) is 7.11 Å². The van der Waals surface area contributed by atoms with Gasteiger partial charge < -0.3 is 16.2 Å². The van der Waals surface area contributed by atoms with E-state index in [4.69, 9.17) is 16.2 Å². The molecule has 0 heterocycles. The summed E-state index contributed by atoms with van der Waals surface area (Å²) in [4.78, 5) is 0.224. The Hall–Kier alpha value is -2.87. The monoisotopic (exact) mass is 332 g/mol. The molecule has 0 saturated heterocycles. The molecule has 0 amide bonds. The molecule has 23 heavy (non-hydrogen) atoms. The lowest BCUT2D eigenvalue weighted by Gasteiger charge is -2.09. The first-order valence-electron chi connectivity index (χ1n) is 6.55. The Morgan fingerprint density at radius 3 is 2.43 bits per heavy atom. The van der Waals surface area contributed by atoms with Crippen LogP contribution in [-0.2, 0) is 9.84 Å². The number of methoxy groups -OCH3 is 1. The maximum absolute atomic E-state index is 12.8. The minimum Gasteiger partial charge on any atom is -0.497 e. The number of hydrogen-bond acceptors (Lipinski definition) is 5. The van der Waals surface area contributed by atoms with Crippen LogP contribution in [-0.4, -0.2) is 27.7 Å². The third-order valence-corrected chi connectivity index (χ3v) is 4.76. The van der Waals surface area contributed by atoms with E-state index >= 15 is 0 Å². The molecule has 0 fully saturated rings. The van der Waals surface area contributed by atoms with Crippen molar-refractivity contribution in [2.24, 2.45) is 21.7 Å². The standard InChI is InChI=1S/C15H16N4O3S/c1-22-12-8-7-11(10-18-19-15(16)17)14(9-12)23(20,21)13-5-3-2-4-6-13/h2-10H,1H3,(H4,16,17,19). The van der Waals surface area contributed by atoms with Gasteiger partial charge in [0.05, 0.1) is 23.1 Å². The number of rotatable bonds is 5. The van der Waals surface area contributed by atoms with Gasteiger partial charge in [-0.3, -0.25) is 0 Å². The van der Waals surface area contributed by atoms with Crippen LogP contribution in [0.3, 0.4) is 0 Å². The third kappa shape index (κ3) is 3.86. The highest BCUT2D eigenvalue weighted by atomic mass is 32.2. The fourth-order valence-corrected chi connectivity index (χ4v) is 3.34. The summed E-state index contributed by atoms with van der Waals surface area (Å²) in [5.74, 6) is 0.195. The number of nitrogens with zero attached hydrogens (tertiary/aromatic N) is 2. The van der Waals surface area contributed by atoms with Crippen LogP contribution < -0.4 is 16.2 Å². The number of ether oxygens (including phenoxy) is 1. The molecule has 8 heteroatoms. The topological polar surface area (TPSA) is 120 Å². The summed E-state index contributed by atoms with van der Waals surface area (Å²) in [5.41, 5.74) is 10.7. The number of benzene rings is 2. The Morgan fingerprint density at radius 1 is 1.13 bits per heavy atom. The molecule has 7 nitrogen and oxygen atoms in total. The van der Waals surface area contributed by atoms with Gasteiger partial charge in [0.2, 0.25) is 15.8 Å². The zero-order valence-corrected chi connectivity index (χ0v) is 13.2. The molecule has 2 aromatic rings. The summed E-state index contributed by atoms with van der Waals surface area (Å²) in [6.07, 6.45) is 1.27. The van der Waals surface area contributed by atoms with E-state index in [0.717, 1.165) is 0 Å². The molecule has 0 saturated carbocycles. The zero-order valence-electron chi connectivity index (χ0n) is 12.4. The molecule has 0 atom stereocenters. The highest BCUT2D eigenvalue weighted by Crippen LogP contribution is 2.27. The molecule has 0 spiro atoms. The second kappa shape index (κ2) is 6.93. The van der Waals surface area contributed by atoms with Crippen molar-refractivity contribution < 1.29 is 13.2 Å². The second-order valence-electron chi connectivity index (χ2n) is 4.49. The molecule has 0 aliphatic heterocycles. The lowest BCUT2D eigenvalue weighted by Crippen LogP contribution is -2.21. The van der Waals surface area contributed by atoms with Gasteiger partial charge in [-0.25, -0.2) is 8.42 Å². The van der Waals surface area contributed by atoms with Gasteiger partial charge in [0.1, 0.15) is 5.75 Å². The van der Waals surface area contributed by atoms with Gasteiger partial charge in [-0.15, -0.1) is 5.10 Å². The van der Waals surface area contributed by atoms with E-state index < -0.39 is 9.84 Å². The molecular formula is C15H16N4O3S. The molecule has 2 aromatic carbocycles. The van der Waals surface area contributed by atoms with Crippen LogP contribution >= 0.6 is 0 Å². The van der Waals surface area contributed by atoms with Crippen LogP contribution in [0.2, 0.25) is 0 Å². The average molecular weight is 332 g/mol. The summed E-state index contributed by atoms with van der Waals surface area (Å²) in [6.45, 7) is 0. The van der Waals surface area contributed by atoms with Gasteiger partial charge in [0, 0.05) is 5.56 Å². The molecule has 0 unspecified atom stereocenters. The maximum Gasteiger partial charge on any atom is 0.211 e. The second-order valence-corrected chi connectivity index (χ2v) is 6.41. The SMILES string of the molecule is COc1ccc(C=NN=C(N)N)c(S(=O)(=O)c2ccccc2)c1. The number of sulfone groups is 1. The highest BCUT2D eigenvalue weighted by molar-refractivity contribution is 7.91.